The third-order valence-electron chi connectivity index (χ3n) is 3.87. The second-order valence-corrected chi connectivity index (χ2v) is 6.75. The Morgan fingerprint density at radius 2 is 2.00 bits per heavy atom. The van der Waals surface area contributed by atoms with E-state index in [4.69, 9.17) is 5.11 Å². The maximum atomic E-state index is 12.2. The van der Waals surface area contributed by atoms with Crippen LogP contribution < -0.4 is 5.32 Å². The molecule has 1 heterocycles. The normalized spacial score (nSPS) is 25.1. The second kappa shape index (κ2) is 6.43. The van der Waals surface area contributed by atoms with Crippen molar-refractivity contribution in [1.82, 2.24) is 10.2 Å². The van der Waals surface area contributed by atoms with Gasteiger partial charge in [-0.3, -0.25) is 4.79 Å². The Bertz CT molecular complexity index is 365. The van der Waals surface area contributed by atoms with E-state index in [0.29, 0.717) is 19.5 Å². The molecule has 6 heteroatoms. The summed E-state index contributed by atoms with van der Waals surface area (Å²) in [5, 5.41) is 21.4. The van der Waals surface area contributed by atoms with E-state index in [1.54, 1.807) is 4.90 Å². The van der Waals surface area contributed by atoms with Gasteiger partial charge in [-0.25, -0.2) is 4.79 Å². The van der Waals surface area contributed by atoms with Gasteiger partial charge in [-0.1, -0.05) is 27.7 Å². The number of carbonyl (C=O) groups is 2. The number of carbonyl (C=O) groups excluding carboxylic acids is 1. The molecule has 2 amide bonds. The van der Waals surface area contributed by atoms with E-state index in [1.165, 1.54) is 0 Å². The van der Waals surface area contributed by atoms with E-state index in [2.05, 4.69) is 5.32 Å². The van der Waals surface area contributed by atoms with Crippen LogP contribution in [0.15, 0.2) is 0 Å². The number of aliphatic hydroxyl groups excluding tert-OH is 1. The van der Waals surface area contributed by atoms with Crippen molar-refractivity contribution in [1.29, 1.82) is 0 Å². The number of carboxylic acids is 1. The Morgan fingerprint density at radius 1 is 1.40 bits per heavy atom. The van der Waals surface area contributed by atoms with Crippen molar-refractivity contribution in [3.8, 4) is 0 Å². The predicted molar refractivity (Wildman–Crippen MR) is 75.4 cm³/mol. The van der Waals surface area contributed by atoms with E-state index < -0.39 is 12.0 Å². The number of aliphatic hydroxyl groups is 1. The van der Waals surface area contributed by atoms with Crippen LogP contribution in [-0.4, -0.2) is 52.3 Å². The van der Waals surface area contributed by atoms with Crippen molar-refractivity contribution in [3.63, 3.8) is 0 Å². The Balaban J connectivity index is 2.64. The average molecular weight is 286 g/mol. The topological polar surface area (TPSA) is 89.9 Å². The van der Waals surface area contributed by atoms with Crippen molar-refractivity contribution >= 4 is 12.0 Å². The molecule has 0 aliphatic carbocycles. The Labute approximate surface area is 120 Å². The number of carboxylic acid groups (broad SMARTS) is 1. The molecule has 0 aromatic heterocycles. The van der Waals surface area contributed by atoms with Crippen molar-refractivity contribution in [3.05, 3.63) is 0 Å². The highest BCUT2D eigenvalue weighted by atomic mass is 16.4. The summed E-state index contributed by atoms with van der Waals surface area (Å²) in [5.74, 6) is -0.880. The van der Waals surface area contributed by atoms with Crippen LogP contribution >= 0.6 is 0 Å². The molecule has 0 radical (unpaired) electrons. The van der Waals surface area contributed by atoms with Crippen LogP contribution in [-0.2, 0) is 4.79 Å². The number of likely N-dealkylation sites (tertiary alicyclic amines) is 1. The molecule has 3 unspecified atom stereocenters. The second-order valence-electron chi connectivity index (χ2n) is 6.75. The molecule has 1 fully saturated rings. The van der Waals surface area contributed by atoms with Gasteiger partial charge in [0, 0.05) is 19.1 Å². The lowest BCUT2D eigenvalue weighted by molar-refractivity contribution is -0.138. The summed E-state index contributed by atoms with van der Waals surface area (Å²) in [5.41, 5.74) is -0.324. The van der Waals surface area contributed by atoms with Crippen molar-refractivity contribution in [2.24, 2.45) is 11.3 Å². The molecule has 3 N–H and O–H groups in total. The van der Waals surface area contributed by atoms with Gasteiger partial charge in [-0.2, -0.15) is 0 Å². The minimum Gasteiger partial charge on any atom is -0.481 e. The minimum atomic E-state index is -0.923. The van der Waals surface area contributed by atoms with E-state index in [0.717, 1.165) is 0 Å². The number of amides is 2. The van der Waals surface area contributed by atoms with E-state index in [1.807, 2.05) is 27.7 Å². The minimum absolute atomic E-state index is 0.0436. The van der Waals surface area contributed by atoms with Crippen LogP contribution in [0.5, 0.6) is 0 Å². The number of nitrogens with zero attached hydrogens (tertiary/aromatic N) is 1. The van der Waals surface area contributed by atoms with Gasteiger partial charge in [0.15, 0.2) is 0 Å². The third kappa shape index (κ3) is 4.67. The fraction of sp³-hybridized carbons (Fsp3) is 0.857. The molecule has 0 bridgehead atoms. The monoisotopic (exact) mass is 286 g/mol. The van der Waals surface area contributed by atoms with E-state index in [9.17, 15) is 14.7 Å². The highest BCUT2D eigenvalue weighted by molar-refractivity contribution is 5.76. The molecule has 6 nitrogen and oxygen atoms in total. The van der Waals surface area contributed by atoms with Crippen LogP contribution in [0.3, 0.4) is 0 Å². The summed E-state index contributed by atoms with van der Waals surface area (Å²) in [7, 11) is 0. The summed E-state index contributed by atoms with van der Waals surface area (Å²) >= 11 is 0. The zero-order chi connectivity index (χ0) is 15.5. The van der Waals surface area contributed by atoms with Crippen molar-refractivity contribution in [2.45, 2.75) is 52.7 Å². The summed E-state index contributed by atoms with van der Waals surface area (Å²) < 4.78 is 0. The first-order chi connectivity index (χ1) is 9.11. The van der Waals surface area contributed by atoms with Gasteiger partial charge >= 0.3 is 12.0 Å². The van der Waals surface area contributed by atoms with Gasteiger partial charge in [-0.05, 0) is 17.8 Å². The van der Waals surface area contributed by atoms with Gasteiger partial charge in [0.05, 0.1) is 12.5 Å². The fourth-order valence-electron chi connectivity index (χ4n) is 2.31. The van der Waals surface area contributed by atoms with Gasteiger partial charge < -0.3 is 20.4 Å². The standard InChI is InChI=1S/C14H26N2O4/c1-9-8-16(6-5-10(9)17)13(20)15-11(7-12(18)19)14(2,3)4/h9-11,17H,5-8H2,1-4H3,(H,15,20)(H,18,19). The molecule has 1 aliphatic rings. The summed E-state index contributed by atoms with van der Waals surface area (Å²) in [6.07, 6.45) is 0.103. The molecular formula is C14H26N2O4. The first kappa shape index (κ1) is 16.8. The number of urea groups is 1. The molecule has 0 saturated carbocycles. The Morgan fingerprint density at radius 3 is 2.45 bits per heavy atom. The number of hydrogen-bond acceptors (Lipinski definition) is 3. The molecule has 0 aromatic rings. The SMILES string of the molecule is CC1CN(C(=O)NC(CC(=O)O)C(C)(C)C)CCC1O. The molecule has 20 heavy (non-hydrogen) atoms. The zero-order valence-electron chi connectivity index (χ0n) is 12.7. The highest BCUT2D eigenvalue weighted by Gasteiger charge is 2.32. The molecular weight excluding hydrogens is 260 g/mol. The number of rotatable bonds is 3. The summed E-state index contributed by atoms with van der Waals surface area (Å²) in [6, 6.07) is -0.667. The lowest BCUT2D eigenvalue weighted by Crippen LogP contribution is -2.54. The quantitative estimate of drug-likeness (QED) is 0.729. The fourth-order valence-corrected chi connectivity index (χ4v) is 2.31. The highest BCUT2D eigenvalue weighted by Crippen LogP contribution is 2.23. The molecule has 3 atom stereocenters. The summed E-state index contributed by atoms with van der Waals surface area (Å²) in [4.78, 5) is 24.8. The van der Waals surface area contributed by atoms with Crippen LogP contribution in [0.2, 0.25) is 0 Å². The third-order valence-corrected chi connectivity index (χ3v) is 3.87. The lowest BCUT2D eigenvalue weighted by atomic mass is 9.85. The summed E-state index contributed by atoms with van der Waals surface area (Å²) in [6.45, 7) is 8.62. The van der Waals surface area contributed by atoms with Crippen LogP contribution in [0.25, 0.3) is 0 Å². The molecule has 116 valence electrons. The molecule has 0 spiro atoms. The number of piperidine rings is 1. The molecule has 0 aromatic carbocycles. The zero-order valence-corrected chi connectivity index (χ0v) is 12.7. The van der Waals surface area contributed by atoms with Gasteiger partial charge in [-0.15, -0.1) is 0 Å². The molecule has 1 rings (SSSR count). The Hall–Kier alpha value is -1.30. The Kier molecular flexibility index (Phi) is 5.39. The maximum Gasteiger partial charge on any atom is 0.317 e. The molecule has 1 saturated heterocycles. The largest absolute Gasteiger partial charge is 0.481 e. The van der Waals surface area contributed by atoms with Crippen LogP contribution in [0, 0.1) is 11.3 Å². The van der Waals surface area contributed by atoms with Gasteiger partial charge in [0.2, 0.25) is 0 Å². The maximum absolute atomic E-state index is 12.2. The number of aliphatic carboxylic acids is 1. The van der Waals surface area contributed by atoms with E-state index >= 15 is 0 Å². The number of hydrogen-bond donors (Lipinski definition) is 3. The smallest absolute Gasteiger partial charge is 0.317 e. The lowest BCUT2D eigenvalue weighted by Gasteiger charge is -2.37. The van der Waals surface area contributed by atoms with Gasteiger partial charge in [0.1, 0.15) is 0 Å². The van der Waals surface area contributed by atoms with Crippen molar-refractivity contribution < 1.29 is 19.8 Å². The first-order valence-electron chi connectivity index (χ1n) is 7.06. The molecule has 1 aliphatic heterocycles. The average Bonchev–Trinajstić information content (AvgIpc) is 2.30. The number of nitrogens with one attached hydrogen (secondary N) is 1. The predicted octanol–water partition coefficient (Wildman–Crippen LogP) is 1.29. The van der Waals surface area contributed by atoms with E-state index in [-0.39, 0.29) is 29.9 Å². The van der Waals surface area contributed by atoms with Gasteiger partial charge in [0.25, 0.3) is 0 Å². The first-order valence-corrected chi connectivity index (χ1v) is 7.06. The van der Waals surface area contributed by atoms with Crippen LogP contribution in [0.1, 0.15) is 40.5 Å². The van der Waals surface area contributed by atoms with Crippen LogP contribution in [0.4, 0.5) is 4.79 Å². The van der Waals surface area contributed by atoms with Crippen molar-refractivity contribution in [2.75, 3.05) is 13.1 Å².